The Labute approximate surface area is 197 Å². The fourth-order valence-electron chi connectivity index (χ4n) is 3.92. The van der Waals surface area contributed by atoms with Gasteiger partial charge in [0.15, 0.2) is 0 Å². The van der Waals surface area contributed by atoms with Crippen molar-refractivity contribution in [2.45, 2.75) is 49.0 Å². The lowest BCUT2D eigenvalue weighted by Crippen LogP contribution is -2.55. The van der Waals surface area contributed by atoms with Crippen LogP contribution in [0.3, 0.4) is 0 Å². The molecule has 0 bridgehead atoms. The molecule has 2 aromatic carbocycles. The number of aromatic nitrogens is 1. The van der Waals surface area contributed by atoms with Crippen LogP contribution in [0.1, 0.15) is 31.2 Å². The van der Waals surface area contributed by atoms with E-state index in [1.54, 1.807) is 11.6 Å². The summed E-state index contributed by atoms with van der Waals surface area (Å²) in [4.78, 5) is 17.4. The molecule has 4 rings (SSSR count). The van der Waals surface area contributed by atoms with Gasteiger partial charge in [0.1, 0.15) is 6.04 Å². The normalized spacial score (nSPS) is 16.2. The lowest BCUT2D eigenvalue weighted by atomic mass is 9.69. The van der Waals surface area contributed by atoms with Gasteiger partial charge in [-0.05, 0) is 42.5 Å². The minimum Gasteiger partial charge on any atom is -0.426 e. The van der Waals surface area contributed by atoms with Crippen LogP contribution in [0.2, 0.25) is 0 Å². The van der Waals surface area contributed by atoms with Gasteiger partial charge in [-0.15, -0.1) is 11.3 Å². The molecule has 2 atom stereocenters. The molecule has 0 aliphatic heterocycles. The third kappa shape index (κ3) is 5.98. The highest BCUT2D eigenvalue weighted by molar-refractivity contribution is 7.89. The molecule has 1 fully saturated rings. The zero-order chi connectivity index (χ0) is 23.4. The fourth-order valence-corrected chi connectivity index (χ4v) is 5.93. The van der Waals surface area contributed by atoms with Crippen molar-refractivity contribution in [2.24, 2.45) is 5.92 Å². The third-order valence-electron chi connectivity index (χ3n) is 6.01. The van der Waals surface area contributed by atoms with Crippen molar-refractivity contribution in [3.05, 3.63) is 59.6 Å². The monoisotopic (exact) mass is 487 g/mol. The number of amides is 1. The van der Waals surface area contributed by atoms with Crippen LogP contribution >= 0.6 is 11.3 Å². The van der Waals surface area contributed by atoms with E-state index in [2.05, 4.69) is 15.0 Å². The van der Waals surface area contributed by atoms with Crippen LogP contribution in [-0.4, -0.2) is 48.5 Å². The number of rotatable bonds is 10. The van der Waals surface area contributed by atoms with Gasteiger partial charge in [0.25, 0.3) is 0 Å². The van der Waals surface area contributed by atoms with E-state index in [9.17, 15) is 23.3 Å². The average molecular weight is 487 g/mol. The number of thiazole rings is 1. The van der Waals surface area contributed by atoms with Crippen molar-refractivity contribution in [1.82, 2.24) is 15.0 Å². The average Bonchev–Trinajstić information content (AvgIpc) is 3.23. The van der Waals surface area contributed by atoms with E-state index in [-0.39, 0.29) is 11.3 Å². The number of sulfonamides is 1. The number of fused-ring (bicyclic) bond motifs is 1. The molecule has 11 heteroatoms. The van der Waals surface area contributed by atoms with Crippen molar-refractivity contribution in [3.63, 3.8) is 0 Å². The summed E-state index contributed by atoms with van der Waals surface area (Å²) < 4.78 is 29.5. The van der Waals surface area contributed by atoms with E-state index in [0.717, 1.165) is 29.5 Å². The zero-order valence-corrected chi connectivity index (χ0v) is 19.6. The van der Waals surface area contributed by atoms with Crippen LogP contribution in [0.15, 0.2) is 58.9 Å². The number of nitrogens with zero attached hydrogens (tertiary/aromatic N) is 1. The second-order valence-corrected chi connectivity index (χ2v) is 11.0. The van der Waals surface area contributed by atoms with Gasteiger partial charge in [-0.25, -0.2) is 13.4 Å². The molecule has 1 saturated carbocycles. The molecular weight excluding hydrogens is 461 g/mol. The van der Waals surface area contributed by atoms with Gasteiger partial charge >= 0.3 is 7.12 Å². The predicted molar refractivity (Wildman–Crippen MR) is 128 cm³/mol. The van der Waals surface area contributed by atoms with Crippen molar-refractivity contribution < 1.29 is 23.3 Å². The quantitative estimate of drug-likeness (QED) is 0.323. The Morgan fingerprint density at radius 1 is 1.18 bits per heavy atom. The molecule has 3 aromatic rings. The summed E-state index contributed by atoms with van der Waals surface area (Å²) in [6.45, 7) is 0. The van der Waals surface area contributed by atoms with Gasteiger partial charge in [0.2, 0.25) is 15.9 Å². The molecule has 1 aromatic heterocycles. The van der Waals surface area contributed by atoms with Gasteiger partial charge in [-0.2, -0.15) is 4.72 Å². The highest BCUT2D eigenvalue weighted by atomic mass is 32.2. The summed E-state index contributed by atoms with van der Waals surface area (Å²) >= 11 is 1.33. The molecule has 4 N–H and O–H groups in total. The Morgan fingerprint density at radius 2 is 1.94 bits per heavy atom. The Balaban J connectivity index is 1.55. The molecule has 2 unspecified atom stereocenters. The number of carbonyl (C=O) groups excluding carboxylic acids is 1. The summed E-state index contributed by atoms with van der Waals surface area (Å²) in [6.07, 6.45) is 3.62. The van der Waals surface area contributed by atoms with Gasteiger partial charge in [-0.1, -0.05) is 49.6 Å². The second-order valence-electron chi connectivity index (χ2n) is 8.41. The van der Waals surface area contributed by atoms with Crippen molar-refractivity contribution in [2.75, 3.05) is 0 Å². The summed E-state index contributed by atoms with van der Waals surface area (Å²) in [5.74, 6) is -1.13. The standard InChI is InChI=1S/C22H26BN3O5S2/c27-22(25-21(23(28)29)12-16-7-4-8-16)19(11-15-5-2-1-3-6-15)26-33(30,31)17-9-10-18-20(13-17)32-14-24-18/h1-3,5-6,9-10,13-14,16,19,21,26,28-29H,4,7-8,11-12H2,(H,25,27). The van der Waals surface area contributed by atoms with E-state index in [1.807, 2.05) is 30.3 Å². The first-order valence-corrected chi connectivity index (χ1v) is 13.2. The maximum absolute atomic E-state index is 13.2. The largest absolute Gasteiger partial charge is 0.475 e. The molecule has 174 valence electrons. The lowest BCUT2D eigenvalue weighted by Gasteiger charge is -2.30. The third-order valence-corrected chi connectivity index (χ3v) is 8.27. The summed E-state index contributed by atoms with van der Waals surface area (Å²) in [7, 11) is -5.75. The lowest BCUT2D eigenvalue weighted by molar-refractivity contribution is -0.123. The van der Waals surface area contributed by atoms with Crippen LogP contribution in [0, 0.1) is 5.92 Å². The Hall–Kier alpha value is -2.31. The Morgan fingerprint density at radius 3 is 2.61 bits per heavy atom. The molecule has 0 saturated heterocycles. The van der Waals surface area contributed by atoms with Crippen molar-refractivity contribution >= 4 is 44.6 Å². The van der Waals surface area contributed by atoms with Gasteiger partial charge < -0.3 is 15.4 Å². The molecule has 0 spiro atoms. The van der Waals surface area contributed by atoms with Gasteiger partial charge in [0, 0.05) is 0 Å². The molecule has 1 amide bonds. The number of hydrogen-bond donors (Lipinski definition) is 4. The maximum atomic E-state index is 13.2. The first-order valence-electron chi connectivity index (χ1n) is 10.9. The zero-order valence-electron chi connectivity index (χ0n) is 17.9. The molecule has 1 heterocycles. The number of carbonyl (C=O) groups is 1. The topological polar surface area (TPSA) is 129 Å². The van der Waals surface area contributed by atoms with Crippen LogP contribution in [-0.2, 0) is 21.2 Å². The molecule has 8 nitrogen and oxygen atoms in total. The smallest absolute Gasteiger partial charge is 0.426 e. The van der Waals surface area contributed by atoms with Crippen LogP contribution in [0.5, 0.6) is 0 Å². The number of nitrogens with one attached hydrogen (secondary N) is 2. The highest BCUT2D eigenvalue weighted by Crippen LogP contribution is 2.30. The SMILES string of the molecule is O=C(NC(CC1CCC1)B(O)O)C(Cc1ccccc1)NS(=O)(=O)c1ccc2ncsc2c1. The molecule has 1 aliphatic rings. The first-order chi connectivity index (χ1) is 15.8. The maximum Gasteiger partial charge on any atom is 0.475 e. The second kappa shape index (κ2) is 10.3. The van der Waals surface area contributed by atoms with Crippen molar-refractivity contribution in [1.29, 1.82) is 0 Å². The van der Waals surface area contributed by atoms with Crippen LogP contribution in [0.25, 0.3) is 10.2 Å². The van der Waals surface area contributed by atoms with Crippen LogP contribution in [0.4, 0.5) is 0 Å². The highest BCUT2D eigenvalue weighted by Gasteiger charge is 2.34. The first kappa shape index (κ1) is 23.8. The van der Waals surface area contributed by atoms with Gasteiger partial charge in [-0.3, -0.25) is 4.79 Å². The van der Waals surface area contributed by atoms with E-state index in [4.69, 9.17) is 0 Å². The van der Waals surface area contributed by atoms with E-state index in [0.29, 0.717) is 17.9 Å². The number of benzene rings is 2. The summed E-state index contributed by atoms with van der Waals surface area (Å²) in [5, 5.41) is 22.2. The molecular formula is C22H26BN3O5S2. The Bertz CT molecular complexity index is 1200. The molecule has 0 radical (unpaired) electrons. The van der Waals surface area contributed by atoms with E-state index in [1.165, 1.54) is 23.5 Å². The van der Waals surface area contributed by atoms with Gasteiger partial charge in [0.05, 0.1) is 26.6 Å². The fraction of sp³-hybridized carbons (Fsp3) is 0.364. The minimum absolute atomic E-state index is 0.0401. The van der Waals surface area contributed by atoms with E-state index >= 15 is 0 Å². The Kier molecular flexibility index (Phi) is 7.45. The van der Waals surface area contributed by atoms with Crippen molar-refractivity contribution in [3.8, 4) is 0 Å². The minimum atomic E-state index is -4.02. The number of hydrogen-bond acceptors (Lipinski definition) is 7. The predicted octanol–water partition coefficient (Wildman–Crippen LogP) is 1.87. The summed E-state index contributed by atoms with van der Waals surface area (Å²) in [6, 6.07) is 12.6. The molecule has 33 heavy (non-hydrogen) atoms. The van der Waals surface area contributed by atoms with E-state index < -0.39 is 35.0 Å². The van der Waals surface area contributed by atoms with Crippen LogP contribution < -0.4 is 10.0 Å². The molecule has 1 aliphatic carbocycles. The summed E-state index contributed by atoms with van der Waals surface area (Å²) in [5.41, 5.74) is 3.12.